The van der Waals surface area contributed by atoms with Gasteiger partial charge < -0.3 is 10.6 Å². The van der Waals surface area contributed by atoms with Crippen molar-refractivity contribution in [3.63, 3.8) is 0 Å². The van der Waals surface area contributed by atoms with Gasteiger partial charge in [-0.05, 0) is 30.2 Å². The zero-order valence-electron chi connectivity index (χ0n) is 11.6. The third kappa shape index (κ3) is 3.11. The van der Waals surface area contributed by atoms with Crippen molar-refractivity contribution in [1.82, 2.24) is 0 Å². The summed E-state index contributed by atoms with van der Waals surface area (Å²) >= 11 is 8.73. The lowest BCUT2D eigenvalue weighted by molar-refractivity contribution is 0.775. The van der Waals surface area contributed by atoms with Crippen molar-refractivity contribution in [3.8, 4) is 0 Å². The second-order valence-corrected chi connectivity index (χ2v) is 6.72. The van der Waals surface area contributed by atoms with Crippen LogP contribution in [0.5, 0.6) is 0 Å². The van der Waals surface area contributed by atoms with Gasteiger partial charge in [0.2, 0.25) is 0 Å². The van der Waals surface area contributed by atoms with Gasteiger partial charge in [-0.15, -0.1) is 0 Å². The summed E-state index contributed by atoms with van der Waals surface area (Å²) in [4.78, 5) is 2.84. The summed E-state index contributed by atoms with van der Waals surface area (Å²) in [5, 5.41) is 0. The molecule has 0 spiro atoms. The van der Waals surface area contributed by atoms with Gasteiger partial charge in [0.1, 0.15) is 4.99 Å². The molecule has 0 radical (unpaired) electrons. The van der Waals surface area contributed by atoms with Crippen molar-refractivity contribution in [1.29, 1.82) is 0 Å². The molecule has 1 fully saturated rings. The maximum absolute atomic E-state index is 5.87. The van der Waals surface area contributed by atoms with Gasteiger partial charge in [-0.2, -0.15) is 0 Å². The quantitative estimate of drug-likeness (QED) is 0.836. The number of anilines is 1. The molecule has 2 aromatic carbocycles. The first-order valence-electron chi connectivity index (χ1n) is 7.04. The summed E-state index contributed by atoms with van der Waals surface area (Å²) in [6.07, 6.45) is 1.16. The second-order valence-electron chi connectivity index (χ2n) is 5.37. The Morgan fingerprint density at radius 3 is 2.67 bits per heavy atom. The molecule has 1 aliphatic heterocycles. The molecule has 0 aliphatic carbocycles. The average Bonchev–Trinajstić information content (AvgIpc) is 2.97. The van der Waals surface area contributed by atoms with Crippen LogP contribution in [0.15, 0.2) is 53.0 Å². The lowest BCUT2D eigenvalue weighted by Crippen LogP contribution is -2.23. The second kappa shape index (κ2) is 6.16. The molecule has 2 aromatic rings. The Morgan fingerprint density at radius 2 is 1.95 bits per heavy atom. The summed E-state index contributed by atoms with van der Waals surface area (Å²) in [7, 11) is 0. The Balaban J connectivity index is 1.86. The van der Waals surface area contributed by atoms with Crippen LogP contribution in [0.2, 0.25) is 0 Å². The lowest BCUT2D eigenvalue weighted by Gasteiger charge is -2.22. The molecular formula is C17H17BrN2S. The van der Waals surface area contributed by atoms with E-state index in [1.54, 1.807) is 0 Å². The molecule has 0 amide bonds. The van der Waals surface area contributed by atoms with Crippen molar-refractivity contribution < 1.29 is 0 Å². The zero-order valence-corrected chi connectivity index (χ0v) is 14.0. The SMILES string of the molecule is NC(=S)c1ccc(Br)cc1N1CCC(c2ccccc2)C1. The zero-order chi connectivity index (χ0) is 14.8. The predicted octanol–water partition coefficient (Wildman–Crippen LogP) is 4.08. The molecular weight excluding hydrogens is 344 g/mol. The molecule has 2 N–H and O–H groups in total. The minimum absolute atomic E-state index is 0.459. The molecule has 0 saturated carbocycles. The number of halogens is 1. The smallest absolute Gasteiger partial charge is 0.106 e. The Morgan fingerprint density at radius 1 is 1.19 bits per heavy atom. The summed E-state index contributed by atoms with van der Waals surface area (Å²) in [6.45, 7) is 2.04. The van der Waals surface area contributed by atoms with Gasteiger partial charge in [0, 0.05) is 34.7 Å². The Labute approximate surface area is 139 Å². The summed E-state index contributed by atoms with van der Waals surface area (Å²) in [5.74, 6) is 0.573. The highest BCUT2D eigenvalue weighted by Gasteiger charge is 2.25. The van der Waals surface area contributed by atoms with E-state index in [1.165, 1.54) is 5.56 Å². The highest BCUT2D eigenvalue weighted by Crippen LogP contribution is 2.33. The highest BCUT2D eigenvalue weighted by atomic mass is 79.9. The van der Waals surface area contributed by atoms with Crippen molar-refractivity contribution in [2.45, 2.75) is 12.3 Å². The van der Waals surface area contributed by atoms with Gasteiger partial charge in [-0.1, -0.05) is 58.5 Å². The van der Waals surface area contributed by atoms with Crippen LogP contribution < -0.4 is 10.6 Å². The molecule has 1 atom stereocenters. The first-order valence-corrected chi connectivity index (χ1v) is 8.24. The van der Waals surface area contributed by atoms with Crippen molar-refractivity contribution >= 4 is 38.8 Å². The van der Waals surface area contributed by atoms with Gasteiger partial charge in [-0.25, -0.2) is 0 Å². The Kier molecular flexibility index (Phi) is 4.27. The third-order valence-corrected chi connectivity index (χ3v) is 4.74. The minimum Gasteiger partial charge on any atom is -0.389 e. The van der Waals surface area contributed by atoms with Crippen molar-refractivity contribution in [3.05, 3.63) is 64.1 Å². The van der Waals surface area contributed by atoms with E-state index in [9.17, 15) is 0 Å². The Hall–Kier alpha value is -1.39. The molecule has 4 heteroatoms. The van der Waals surface area contributed by atoms with E-state index in [2.05, 4.69) is 57.2 Å². The highest BCUT2D eigenvalue weighted by molar-refractivity contribution is 9.10. The molecule has 1 aliphatic rings. The van der Waals surface area contributed by atoms with Crippen molar-refractivity contribution in [2.75, 3.05) is 18.0 Å². The fourth-order valence-corrected chi connectivity index (χ4v) is 3.47. The average molecular weight is 361 g/mol. The molecule has 3 rings (SSSR count). The number of hydrogen-bond acceptors (Lipinski definition) is 2. The normalized spacial score (nSPS) is 18.0. The predicted molar refractivity (Wildman–Crippen MR) is 96.0 cm³/mol. The van der Waals surface area contributed by atoms with Crippen LogP contribution in [0.4, 0.5) is 5.69 Å². The van der Waals surface area contributed by atoms with Crippen LogP contribution in [0.1, 0.15) is 23.5 Å². The number of thiocarbonyl (C=S) groups is 1. The van der Waals surface area contributed by atoms with Gasteiger partial charge in [0.25, 0.3) is 0 Å². The van der Waals surface area contributed by atoms with E-state index >= 15 is 0 Å². The van der Waals surface area contributed by atoms with Gasteiger partial charge in [0.05, 0.1) is 0 Å². The maximum atomic E-state index is 5.87. The number of nitrogens with two attached hydrogens (primary N) is 1. The van der Waals surface area contributed by atoms with E-state index in [0.717, 1.165) is 35.2 Å². The van der Waals surface area contributed by atoms with E-state index in [4.69, 9.17) is 18.0 Å². The summed E-state index contributed by atoms with van der Waals surface area (Å²) in [5.41, 5.74) is 9.37. The number of benzene rings is 2. The monoisotopic (exact) mass is 360 g/mol. The topological polar surface area (TPSA) is 29.3 Å². The van der Waals surface area contributed by atoms with E-state index in [0.29, 0.717) is 10.9 Å². The first-order chi connectivity index (χ1) is 10.1. The molecule has 2 nitrogen and oxygen atoms in total. The number of nitrogens with zero attached hydrogens (tertiary/aromatic N) is 1. The largest absolute Gasteiger partial charge is 0.389 e. The fraction of sp³-hybridized carbons (Fsp3) is 0.235. The maximum Gasteiger partial charge on any atom is 0.106 e. The van der Waals surface area contributed by atoms with Gasteiger partial charge in [-0.3, -0.25) is 0 Å². The van der Waals surface area contributed by atoms with Crippen LogP contribution >= 0.6 is 28.1 Å². The molecule has 1 unspecified atom stereocenters. The minimum atomic E-state index is 0.459. The van der Waals surface area contributed by atoms with Crippen LogP contribution in [0, 0.1) is 0 Å². The van der Waals surface area contributed by atoms with Crippen LogP contribution in [-0.4, -0.2) is 18.1 Å². The Bertz CT molecular complexity index is 657. The van der Waals surface area contributed by atoms with Gasteiger partial charge in [0.15, 0.2) is 0 Å². The van der Waals surface area contributed by atoms with Crippen LogP contribution in [0.25, 0.3) is 0 Å². The van der Waals surface area contributed by atoms with Crippen LogP contribution in [-0.2, 0) is 0 Å². The number of hydrogen-bond donors (Lipinski definition) is 1. The van der Waals surface area contributed by atoms with Crippen molar-refractivity contribution in [2.24, 2.45) is 5.73 Å². The van der Waals surface area contributed by atoms with Gasteiger partial charge >= 0.3 is 0 Å². The third-order valence-electron chi connectivity index (χ3n) is 4.03. The summed E-state index contributed by atoms with van der Waals surface area (Å²) in [6, 6.07) is 16.8. The molecule has 1 saturated heterocycles. The molecule has 21 heavy (non-hydrogen) atoms. The molecule has 1 heterocycles. The van der Waals surface area contributed by atoms with Crippen LogP contribution in [0.3, 0.4) is 0 Å². The molecule has 0 bridgehead atoms. The first kappa shape index (κ1) is 14.5. The lowest BCUT2D eigenvalue weighted by atomic mass is 9.99. The van der Waals surface area contributed by atoms with E-state index in [1.807, 2.05) is 12.1 Å². The summed E-state index contributed by atoms with van der Waals surface area (Å²) < 4.78 is 1.06. The molecule has 0 aromatic heterocycles. The number of rotatable bonds is 3. The molecule has 108 valence electrons. The van der Waals surface area contributed by atoms with E-state index in [-0.39, 0.29) is 0 Å². The standard InChI is InChI=1S/C17H17BrN2S/c18-14-6-7-15(17(19)21)16(10-14)20-9-8-13(11-20)12-4-2-1-3-5-12/h1-7,10,13H,8-9,11H2,(H2,19,21). The van der Waals surface area contributed by atoms with E-state index < -0.39 is 0 Å². The fourth-order valence-electron chi connectivity index (χ4n) is 2.95.